The minimum absolute atomic E-state index is 0.0634. The molecule has 0 saturated carbocycles. The number of carbonyl (C=O) groups is 2. The molecule has 0 radical (unpaired) electrons. The van der Waals surface area contributed by atoms with Crippen LogP contribution in [0.15, 0.2) is 75.3 Å². The van der Waals surface area contributed by atoms with Crippen LogP contribution in [-0.4, -0.2) is 63.2 Å². The fraction of sp³-hybridized carbons (Fsp3) is 0.308. The molecule has 0 aliphatic carbocycles. The van der Waals surface area contributed by atoms with Crippen molar-refractivity contribution in [3.63, 3.8) is 0 Å². The SMILES string of the molecule is NN=Nc1nc(N=NN)c(C(=O)NC2NC3(CCN(C(=O)c4ccc(OCc5ccccc5)cc4)CC3)CN2N)nc1Cl. The molecule has 3 aromatic rings. The highest BCUT2D eigenvalue weighted by molar-refractivity contribution is 6.31. The number of amides is 2. The zero-order valence-electron chi connectivity index (χ0n) is 22.9. The van der Waals surface area contributed by atoms with Crippen LogP contribution in [0.2, 0.25) is 5.15 Å². The number of aromatic nitrogens is 2. The molecule has 2 fully saturated rings. The van der Waals surface area contributed by atoms with Crippen molar-refractivity contribution >= 4 is 35.1 Å². The summed E-state index contributed by atoms with van der Waals surface area (Å²) in [5.74, 6) is 16.0. The quantitative estimate of drug-likeness (QED) is 0.142. The first-order chi connectivity index (χ1) is 20.8. The van der Waals surface area contributed by atoms with Crippen LogP contribution in [0.25, 0.3) is 0 Å². The van der Waals surface area contributed by atoms with Gasteiger partial charge in [0.2, 0.25) is 11.6 Å². The average Bonchev–Trinajstić information content (AvgIpc) is 3.32. The standard InChI is InChI=1S/C26H30ClN13O3/c27-20-22(36-38-29)32-21(35-37-28)19(31-20)23(41)33-25-34-26(15-40(25)30)10-12-39(13-11-26)24(42)17-6-8-18(9-7-17)43-14-16-4-2-1-3-5-16/h1-9,25,34H,10-15,30H2,(H,33,41)(H4,28,29,32,35,36). The number of nitrogens with two attached hydrogens (primary N) is 3. The van der Waals surface area contributed by atoms with E-state index in [4.69, 9.17) is 33.9 Å². The van der Waals surface area contributed by atoms with Crippen molar-refractivity contribution in [2.24, 2.45) is 38.2 Å². The molecule has 1 aromatic heterocycles. The first-order valence-corrected chi connectivity index (χ1v) is 13.6. The molecule has 1 atom stereocenters. The summed E-state index contributed by atoms with van der Waals surface area (Å²) < 4.78 is 5.83. The number of halogens is 1. The Kier molecular flexibility index (Phi) is 9.01. The number of hydrogen-bond donors (Lipinski definition) is 5. The van der Waals surface area contributed by atoms with E-state index in [0.717, 1.165) is 5.56 Å². The summed E-state index contributed by atoms with van der Waals surface area (Å²) in [4.78, 5) is 36.1. The maximum absolute atomic E-state index is 13.2. The highest BCUT2D eigenvalue weighted by Gasteiger charge is 2.45. The van der Waals surface area contributed by atoms with Crippen LogP contribution in [0.1, 0.15) is 39.3 Å². The Morgan fingerprint density at radius 3 is 2.37 bits per heavy atom. The monoisotopic (exact) mass is 607 g/mol. The molecular formula is C26H30ClN13O3. The first-order valence-electron chi connectivity index (χ1n) is 13.3. The molecular weight excluding hydrogens is 578 g/mol. The summed E-state index contributed by atoms with van der Waals surface area (Å²) in [5, 5.41) is 20.8. The van der Waals surface area contributed by atoms with Crippen molar-refractivity contribution in [2.45, 2.75) is 31.3 Å². The number of likely N-dealkylation sites (tertiary alicyclic amines) is 1. The molecule has 1 spiro atoms. The molecule has 8 N–H and O–H groups in total. The Labute approximate surface area is 251 Å². The Morgan fingerprint density at radius 1 is 1.02 bits per heavy atom. The van der Waals surface area contributed by atoms with Gasteiger partial charge in [0.15, 0.2) is 10.8 Å². The van der Waals surface area contributed by atoms with Crippen molar-refractivity contribution < 1.29 is 14.3 Å². The minimum Gasteiger partial charge on any atom is -0.489 e. The van der Waals surface area contributed by atoms with Crippen LogP contribution in [-0.2, 0) is 6.61 Å². The molecule has 1 unspecified atom stereocenters. The zero-order valence-corrected chi connectivity index (χ0v) is 23.7. The van der Waals surface area contributed by atoms with Gasteiger partial charge in [-0.05, 0) is 42.7 Å². The van der Waals surface area contributed by atoms with Gasteiger partial charge in [-0.15, -0.1) is 10.2 Å². The van der Waals surface area contributed by atoms with Gasteiger partial charge in [-0.3, -0.25) is 20.7 Å². The number of benzene rings is 2. The van der Waals surface area contributed by atoms with Crippen LogP contribution in [0.5, 0.6) is 5.75 Å². The van der Waals surface area contributed by atoms with E-state index in [2.05, 4.69) is 41.3 Å². The molecule has 0 bridgehead atoms. The predicted octanol–water partition coefficient (Wildman–Crippen LogP) is 2.09. The second-order valence-electron chi connectivity index (χ2n) is 10.0. The topological polar surface area (TPSA) is 227 Å². The van der Waals surface area contributed by atoms with Crippen molar-refractivity contribution in [2.75, 3.05) is 19.6 Å². The molecule has 3 heterocycles. The van der Waals surface area contributed by atoms with Gasteiger partial charge in [0, 0.05) is 30.7 Å². The van der Waals surface area contributed by atoms with Crippen LogP contribution >= 0.6 is 11.6 Å². The van der Waals surface area contributed by atoms with E-state index in [-0.39, 0.29) is 28.4 Å². The Bertz CT molecular complexity index is 1510. The minimum atomic E-state index is -0.746. The van der Waals surface area contributed by atoms with E-state index < -0.39 is 17.7 Å². The van der Waals surface area contributed by atoms with Gasteiger partial charge in [0.1, 0.15) is 18.6 Å². The molecule has 2 aromatic carbocycles. The number of ether oxygens (including phenoxy) is 1. The fourth-order valence-electron chi connectivity index (χ4n) is 5.02. The van der Waals surface area contributed by atoms with Crippen molar-refractivity contribution in [3.8, 4) is 5.75 Å². The van der Waals surface area contributed by atoms with Crippen molar-refractivity contribution in [1.29, 1.82) is 0 Å². The highest BCUT2D eigenvalue weighted by atomic mass is 35.5. The summed E-state index contributed by atoms with van der Waals surface area (Å²) in [7, 11) is 0. The number of rotatable bonds is 8. The van der Waals surface area contributed by atoms with Crippen LogP contribution in [0.3, 0.4) is 0 Å². The molecule has 2 aliphatic rings. The number of carbonyl (C=O) groups excluding carboxylic acids is 2. The summed E-state index contributed by atoms with van der Waals surface area (Å²) in [5.41, 5.74) is 0.974. The van der Waals surface area contributed by atoms with Gasteiger partial charge in [0.25, 0.3) is 11.8 Å². The van der Waals surface area contributed by atoms with Crippen LogP contribution in [0.4, 0.5) is 11.6 Å². The number of nitrogens with zero attached hydrogens (tertiary/aromatic N) is 8. The average molecular weight is 608 g/mol. The van der Waals surface area contributed by atoms with Crippen LogP contribution < -0.4 is 32.9 Å². The van der Waals surface area contributed by atoms with E-state index in [9.17, 15) is 9.59 Å². The molecule has 2 amide bonds. The third-order valence-electron chi connectivity index (χ3n) is 7.22. The van der Waals surface area contributed by atoms with E-state index in [1.54, 1.807) is 29.2 Å². The van der Waals surface area contributed by atoms with Crippen molar-refractivity contribution in [3.05, 3.63) is 76.6 Å². The molecule has 43 heavy (non-hydrogen) atoms. The molecule has 5 rings (SSSR count). The number of nitrogens with one attached hydrogen (secondary N) is 2. The van der Waals surface area contributed by atoms with Gasteiger partial charge in [0.05, 0.1) is 0 Å². The third-order valence-corrected chi connectivity index (χ3v) is 7.48. The predicted molar refractivity (Wildman–Crippen MR) is 155 cm³/mol. The molecule has 2 saturated heterocycles. The number of piperidine rings is 1. The van der Waals surface area contributed by atoms with Gasteiger partial charge in [-0.2, -0.15) is 0 Å². The Balaban J connectivity index is 1.17. The molecule has 16 nitrogen and oxygen atoms in total. The summed E-state index contributed by atoms with van der Waals surface area (Å²) in [6.45, 7) is 1.90. The smallest absolute Gasteiger partial charge is 0.276 e. The van der Waals surface area contributed by atoms with Gasteiger partial charge >= 0.3 is 0 Å². The van der Waals surface area contributed by atoms with E-state index in [1.807, 2.05) is 30.3 Å². The van der Waals surface area contributed by atoms with Gasteiger partial charge in [-0.25, -0.2) is 15.0 Å². The lowest BCUT2D eigenvalue weighted by molar-refractivity contribution is 0.0658. The molecule has 17 heteroatoms. The van der Waals surface area contributed by atoms with Gasteiger partial charge in [-0.1, -0.05) is 52.4 Å². The second kappa shape index (κ2) is 13.0. The maximum atomic E-state index is 13.2. The van der Waals surface area contributed by atoms with Crippen LogP contribution in [0, 0.1) is 0 Å². The van der Waals surface area contributed by atoms with Crippen molar-refractivity contribution in [1.82, 2.24) is 30.5 Å². The van der Waals surface area contributed by atoms with Gasteiger partial charge < -0.3 is 26.6 Å². The number of hydrogen-bond acceptors (Lipinski definition) is 12. The lowest BCUT2D eigenvalue weighted by Gasteiger charge is -2.39. The Morgan fingerprint density at radius 2 is 1.70 bits per heavy atom. The second-order valence-corrected chi connectivity index (χ2v) is 10.4. The molecule has 224 valence electrons. The number of hydrazine groups is 1. The summed E-state index contributed by atoms with van der Waals surface area (Å²) in [6, 6.07) is 17.0. The Hall–Kier alpha value is -4.77. The molecule has 2 aliphatic heterocycles. The maximum Gasteiger partial charge on any atom is 0.276 e. The van der Waals surface area contributed by atoms with E-state index in [0.29, 0.717) is 50.4 Å². The largest absolute Gasteiger partial charge is 0.489 e. The third kappa shape index (κ3) is 6.83. The zero-order chi connectivity index (χ0) is 30.4. The normalized spacial score (nSPS) is 18.5. The van der Waals surface area contributed by atoms with E-state index >= 15 is 0 Å². The fourth-order valence-corrected chi connectivity index (χ4v) is 5.19. The summed E-state index contributed by atoms with van der Waals surface area (Å²) in [6.07, 6.45) is 0.493. The highest BCUT2D eigenvalue weighted by Crippen LogP contribution is 2.30. The summed E-state index contributed by atoms with van der Waals surface area (Å²) >= 11 is 6.06. The lowest BCUT2D eigenvalue weighted by Crippen LogP contribution is -2.57. The first kappa shape index (κ1) is 29.7. The van der Waals surface area contributed by atoms with E-state index in [1.165, 1.54) is 5.01 Å². The lowest BCUT2D eigenvalue weighted by atomic mass is 9.88.